The summed E-state index contributed by atoms with van der Waals surface area (Å²) in [5, 5.41) is 12.9. The molecule has 1 heterocycles. The fourth-order valence-corrected chi connectivity index (χ4v) is 2.95. The first kappa shape index (κ1) is 17.2. The van der Waals surface area contributed by atoms with E-state index in [1.165, 1.54) is 12.1 Å². The van der Waals surface area contributed by atoms with Gasteiger partial charge in [-0.25, -0.2) is 4.39 Å². The van der Waals surface area contributed by atoms with E-state index in [0.29, 0.717) is 12.8 Å². The Morgan fingerprint density at radius 1 is 1.20 bits per heavy atom. The second kappa shape index (κ2) is 7.49. The van der Waals surface area contributed by atoms with Crippen LogP contribution < -0.4 is 5.32 Å². The molecular weight excluding hydrogens is 319 g/mol. The summed E-state index contributed by atoms with van der Waals surface area (Å²) in [6.45, 7) is 1.67. The van der Waals surface area contributed by atoms with E-state index in [1.807, 2.05) is 24.3 Å². The van der Waals surface area contributed by atoms with Crippen molar-refractivity contribution < 1.29 is 14.3 Å². The van der Waals surface area contributed by atoms with Gasteiger partial charge in [0.1, 0.15) is 5.82 Å². The summed E-state index contributed by atoms with van der Waals surface area (Å²) in [4.78, 5) is 15.4. The largest absolute Gasteiger partial charge is 0.394 e. The molecule has 0 aliphatic heterocycles. The minimum atomic E-state index is -0.279. The van der Waals surface area contributed by atoms with Crippen molar-refractivity contribution in [2.45, 2.75) is 25.8 Å². The van der Waals surface area contributed by atoms with Crippen molar-refractivity contribution in [1.29, 1.82) is 0 Å². The molecule has 1 amide bonds. The molecule has 25 heavy (non-hydrogen) atoms. The zero-order valence-electron chi connectivity index (χ0n) is 14.1. The molecule has 4 nitrogen and oxygen atoms in total. The number of nitrogens with one attached hydrogen (secondary N) is 2. The van der Waals surface area contributed by atoms with E-state index in [-0.39, 0.29) is 24.4 Å². The summed E-state index contributed by atoms with van der Waals surface area (Å²) in [6, 6.07) is 14.0. The quantitative estimate of drug-likeness (QED) is 0.644. The Hall–Kier alpha value is -2.66. The predicted molar refractivity (Wildman–Crippen MR) is 96.7 cm³/mol. The third-order valence-corrected chi connectivity index (χ3v) is 4.23. The van der Waals surface area contributed by atoms with Crippen LogP contribution in [0.3, 0.4) is 0 Å². The van der Waals surface area contributed by atoms with Gasteiger partial charge >= 0.3 is 0 Å². The van der Waals surface area contributed by atoms with Crippen molar-refractivity contribution in [2.24, 2.45) is 0 Å². The van der Waals surface area contributed by atoms with E-state index in [0.717, 1.165) is 27.7 Å². The van der Waals surface area contributed by atoms with E-state index in [4.69, 9.17) is 5.11 Å². The molecule has 2 aromatic carbocycles. The maximum atomic E-state index is 13.2. The first-order valence-electron chi connectivity index (χ1n) is 8.34. The number of aliphatic hydroxyl groups is 1. The molecule has 0 fully saturated rings. The lowest BCUT2D eigenvalue weighted by Crippen LogP contribution is -2.35. The van der Waals surface area contributed by atoms with Gasteiger partial charge in [0.2, 0.25) is 5.91 Å². The summed E-state index contributed by atoms with van der Waals surface area (Å²) >= 11 is 0. The van der Waals surface area contributed by atoms with E-state index in [9.17, 15) is 9.18 Å². The first-order valence-corrected chi connectivity index (χ1v) is 8.34. The molecule has 3 aromatic rings. The molecule has 0 aliphatic rings. The summed E-state index contributed by atoms with van der Waals surface area (Å²) in [5.41, 5.74) is 3.82. The number of aromatic amines is 1. The second-order valence-electron chi connectivity index (χ2n) is 6.18. The second-order valence-corrected chi connectivity index (χ2v) is 6.18. The summed E-state index contributed by atoms with van der Waals surface area (Å²) < 4.78 is 13.2. The Labute approximate surface area is 145 Å². The Balaban J connectivity index is 1.91. The average molecular weight is 340 g/mol. The molecule has 3 rings (SSSR count). The van der Waals surface area contributed by atoms with E-state index < -0.39 is 0 Å². The number of aromatic nitrogens is 1. The monoisotopic (exact) mass is 340 g/mol. The van der Waals surface area contributed by atoms with Gasteiger partial charge in [0.25, 0.3) is 0 Å². The zero-order valence-corrected chi connectivity index (χ0v) is 14.1. The number of H-pyrrole nitrogens is 1. The van der Waals surface area contributed by atoms with Gasteiger partial charge in [0.15, 0.2) is 0 Å². The summed E-state index contributed by atoms with van der Waals surface area (Å²) in [7, 11) is 0. The van der Waals surface area contributed by atoms with Crippen LogP contribution in [0.15, 0.2) is 48.5 Å². The normalized spacial score (nSPS) is 12.3. The highest BCUT2D eigenvalue weighted by Gasteiger charge is 2.15. The van der Waals surface area contributed by atoms with Crippen LogP contribution in [-0.4, -0.2) is 28.6 Å². The van der Waals surface area contributed by atoms with E-state index >= 15 is 0 Å². The van der Waals surface area contributed by atoms with Gasteiger partial charge in [0.05, 0.1) is 6.61 Å². The Morgan fingerprint density at radius 3 is 2.64 bits per heavy atom. The minimum absolute atomic E-state index is 0.0837. The average Bonchev–Trinajstić information content (AvgIpc) is 2.99. The highest BCUT2D eigenvalue weighted by molar-refractivity contribution is 5.91. The molecule has 3 N–H and O–H groups in total. The van der Waals surface area contributed by atoms with Crippen molar-refractivity contribution in [3.63, 3.8) is 0 Å². The number of carbonyl (C=O) groups is 1. The number of aryl methyl sites for hydroxylation is 1. The van der Waals surface area contributed by atoms with Gasteiger partial charge < -0.3 is 15.4 Å². The van der Waals surface area contributed by atoms with Gasteiger partial charge in [-0.05, 0) is 54.8 Å². The number of aliphatic hydroxyl groups excluding tert-OH is 1. The number of benzene rings is 2. The summed E-state index contributed by atoms with van der Waals surface area (Å²) in [5.74, 6) is -0.379. The van der Waals surface area contributed by atoms with Crippen molar-refractivity contribution in [3.05, 3.63) is 59.9 Å². The molecule has 0 bridgehead atoms. The smallest absolute Gasteiger partial charge is 0.220 e. The third kappa shape index (κ3) is 3.88. The van der Waals surface area contributed by atoms with Crippen molar-refractivity contribution in [3.8, 4) is 11.3 Å². The molecular formula is C20H21FN2O2. The molecule has 0 radical (unpaired) electrons. The standard InChI is InChI=1S/C20H21FN2O2/c1-13(12-24)22-19(25)11-10-17-16-4-2-3-5-18(16)23-20(17)14-6-8-15(21)9-7-14/h2-9,13,23-24H,10-12H2,1H3,(H,22,25)/t13-/m1/s1. The lowest BCUT2D eigenvalue weighted by molar-refractivity contribution is -0.121. The lowest BCUT2D eigenvalue weighted by atomic mass is 10.0. The molecule has 0 saturated carbocycles. The van der Waals surface area contributed by atoms with E-state index in [2.05, 4.69) is 10.3 Å². The maximum Gasteiger partial charge on any atom is 0.220 e. The number of hydrogen-bond acceptors (Lipinski definition) is 2. The molecule has 0 spiro atoms. The van der Waals surface area contributed by atoms with Crippen LogP contribution in [0.2, 0.25) is 0 Å². The van der Waals surface area contributed by atoms with Crippen LogP contribution in [0, 0.1) is 5.82 Å². The maximum absolute atomic E-state index is 13.2. The molecule has 1 atom stereocenters. The Morgan fingerprint density at radius 2 is 1.92 bits per heavy atom. The minimum Gasteiger partial charge on any atom is -0.394 e. The van der Waals surface area contributed by atoms with Gasteiger partial charge in [-0.2, -0.15) is 0 Å². The molecule has 0 unspecified atom stereocenters. The fourth-order valence-electron chi connectivity index (χ4n) is 2.95. The molecule has 130 valence electrons. The topological polar surface area (TPSA) is 65.1 Å². The SMILES string of the molecule is C[C@H](CO)NC(=O)CCc1c(-c2ccc(F)cc2)[nH]c2ccccc12. The van der Waals surface area contributed by atoms with Crippen LogP contribution in [0.5, 0.6) is 0 Å². The number of amides is 1. The number of hydrogen-bond donors (Lipinski definition) is 3. The fraction of sp³-hybridized carbons (Fsp3) is 0.250. The van der Waals surface area contributed by atoms with Crippen LogP contribution in [0.25, 0.3) is 22.2 Å². The number of rotatable bonds is 6. The zero-order chi connectivity index (χ0) is 17.8. The van der Waals surface area contributed by atoms with Crippen LogP contribution in [0.1, 0.15) is 18.9 Å². The number of fused-ring (bicyclic) bond motifs is 1. The number of halogens is 1. The van der Waals surface area contributed by atoms with Gasteiger partial charge in [0, 0.05) is 29.1 Å². The molecule has 0 saturated heterocycles. The van der Waals surface area contributed by atoms with Gasteiger partial charge in [-0.3, -0.25) is 4.79 Å². The third-order valence-electron chi connectivity index (χ3n) is 4.23. The number of para-hydroxylation sites is 1. The highest BCUT2D eigenvalue weighted by Crippen LogP contribution is 2.31. The van der Waals surface area contributed by atoms with Crippen molar-refractivity contribution in [2.75, 3.05) is 6.61 Å². The molecule has 5 heteroatoms. The molecule has 0 aliphatic carbocycles. The lowest BCUT2D eigenvalue weighted by Gasteiger charge is -2.11. The Kier molecular flexibility index (Phi) is 5.14. The van der Waals surface area contributed by atoms with Crippen molar-refractivity contribution >= 4 is 16.8 Å². The summed E-state index contributed by atoms with van der Waals surface area (Å²) in [6.07, 6.45) is 0.876. The Bertz CT molecular complexity index is 871. The first-order chi connectivity index (χ1) is 12.1. The van der Waals surface area contributed by atoms with E-state index in [1.54, 1.807) is 19.1 Å². The van der Waals surface area contributed by atoms with Crippen LogP contribution in [0.4, 0.5) is 4.39 Å². The highest BCUT2D eigenvalue weighted by atomic mass is 19.1. The molecule has 1 aromatic heterocycles. The number of carbonyl (C=O) groups excluding carboxylic acids is 1. The van der Waals surface area contributed by atoms with Gasteiger partial charge in [-0.1, -0.05) is 18.2 Å². The van der Waals surface area contributed by atoms with Crippen molar-refractivity contribution in [1.82, 2.24) is 10.3 Å². The van der Waals surface area contributed by atoms with Crippen LogP contribution in [-0.2, 0) is 11.2 Å². The van der Waals surface area contributed by atoms with Crippen LogP contribution >= 0.6 is 0 Å². The predicted octanol–water partition coefficient (Wildman–Crippen LogP) is 3.40. The van der Waals surface area contributed by atoms with Gasteiger partial charge in [-0.15, -0.1) is 0 Å².